The Bertz CT molecular complexity index is 527. The number of amides is 1. The Hall–Kier alpha value is -2.31. The van der Waals surface area contributed by atoms with Crippen molar-refractivity contribution < 1.29 is 9.72 Å². The molecule has 7 nitrogen and oxygen atoms in total. The van der Waals surface area contributed by atoms with Gasteiger partial charge in [0.05, 0.1) is 11.5 Å². The number of piperidine rings is 1. The highest BCUT2D eigenvalue weighted by molar-refractivity contribution is 5.84. The van der Waals surface area contributed by atoms with Crippen LogP contribution in [0.4, 0.5) is 17.1 Å². The number of nitrogens with one attached hydrogen (secondary N) is 2. The first-order chi connectivity index (χ1) is 10.1. The van der Waals surface area contributed by atoms with Crippen LogP contribution in [0.5, 0.6) is 0 Å². The molecule has 1 saturated heterocycles. The Balaban J connectivity index is 2.05. The summed E-state index contributed by atoms with van der Waals surface area (Å²) in [4.78, 5) is 24.6. The third-order valence-corrected chi connectivity index (χ3v) is 3.63. The Morgan fingerprint density at radius 3 is 2.57 bits per heavy atom. The highest BCUT2D eigenvalue weighted by Gasteiger charge is 2.21. The quantitative estimate of drug-likeness (QED) is 0.640. The molecule has 1 aliphatic rings. The van der Waals surface area contributed by atoms with Gasteiger partial charge in [-0.05, 0) is 31.4 Å². The van der Waals surface area contributed by atoms with Crippen LogP contribution >= 0.6 is 0 Å². The number of nitrogens with zero attached hydrogens (tertiary/aromatic N) is 2. The summed E-state index contributed by atoms with van der Waals surface area (Å²) >= 11 is 0. The van der Waals surface area contributed by atoms with Gasteiger partial charge in [-0.15, -0.1) is 0 Å². The monoisotopic (exact) mass is 292 g/mol. The van der Waals surface area contributed by atoms with Crippen molar-refractivity contribution in [1.29, 1.82) is 0 Å². The molecular formula is C14H20N4O3. The number of nitro groups is 1. The van der Waals surface area contributed by atoms with Crippen LogP contribution in [0.25, 0.3) is 0 Å². The minimum Gasteiger partial charge on any atom is -0.382 e. The molecule has 1 heterocycles. The zero-order valence-corrected chi connectivity index (χ0v) is 12.1. The van der Waals surface area contributed by atoms with E-state index in [-0.39, 0.29) is 18.1 Å². The van der Waals surface area contributed by atoms with E-state index in [4.69, 9.17) is 0 Å². The molecular weight excluding hydrogens is 272 g/mol. The first-order valence-corrected chi connectivity index (χ1v) is 7.10. The smallest absolute Gasteiger partial charge is 0.315 e. The number of likely N-dealkylation sites (tertiary alicyclic amines) is 1. The van der Waals surface area contributed by atoms with E-state index in [1.54, 1.807) is 25.2 Å². The van der Waals surface area contributed by atoms with E-state index < -0.39 is 4.92 Å². The number of carbonyl (C=O) groups is 1. The van der Waals surface area contributed by atoms with Gasteiger partial charge >= 0.3 is 5.69 Å². The van der Waals surface area contributed by atoms with Crippen LogP contribution in [0.1, 0.15) is 19.3 Å². The predicted molar refractivity (Wildman–Crippen MR) is 81.6 cm³/mol. The maximum absolute atomic E-state index is 12.1. The molecule has 21 heavy (non-hydrogen) atoms. The highest BCUT2D eigenvalue weighted by atomic mass is 16.6. The van der Waals surface area contributed by atoms with Gasteiger partial charge < -0.3 is 15.5 Å². The van der Waals surface area contributed by atoms with Crippen molar-refractivity contribution >= 4 is 23.0 Å². The van der Waals surface area contributed by atoms with Crippen molar-refractivity contribution in [3.8, 4) is 0 Å². The highest BCUT2D eigenvalue weighted by Crippen LogP contribution is 2.32. The van der Waals surface area contributed by atoms with Crippen LogP contribution in [0.2, 0.25) is 0 Å². The number of rotatable bonds is 5. The number of benzene rings is 1. The molecule has 114 valence electrons. The predicted octanol–water partition coefficient (Wildman–Crippen LogP) is 2.06. The summed E-state index contributed by atoms with van der Waals surface area (Å²) in [5, 5.41) is 16.9. The summed E-state index contributed by atoms with van der Waals surface area (Å²) in [5.74, 6) is -0.0149. The van der Waals surface area contributed by atoms with E-state index in [0.717, 1.165) is 32.4 Å². The Labute approximate surface area is 123 Å². The van der Waals surface area contributed by atoms with Crippen molar-refractivity contribution in [2.75, 3.05) is 37.3 Å². The van der Waals surface area contributed by atoms with Crippen molar-refractivity contribution in [2.45, 2.75) is 19.3 Å². The molecule has 1 aliphatic heterocycles. The van der Waals surface area contributed by atoms with Crippen molar-refractivity contribution in [1.82, 2.24) is 4.90 Å². The second-order valence-corrected chi connectivity index (χ2v) is 5.00. The van der Waals surface area contributed by atoms with Crippen LogP contribution in [-0.4, -0.2) is 42.4 Å². The summed E-state index contributed by atoms with van der Waals surface area (Å²) in [7, 11) is 1.63. The second-order valence-electron chi connectivity index (χ2n) is 5.00. The first kappa shape index (κ1) is 15.1. The van der Waals surface area contributed by atoms with E-state index in [1.165, 1.54) is 0 Å². The maximum atomic E-state index is 12.1. The van der Waals surface area contributed by atoms with E-state index in [0.29, 0.717) is 11.4 Å². The number of nitro benzene ring substituents is 1. The summed E-state index contributed by atoms with van der Waals surface area (Å²) in [6, 6.07) is 4.96. The average Bonchev–Trinajstić information content (AvgIpc) is 2.52. The van der Waals surface area contributed by atoms with Crippen LogP contribution in [-0.2, 0) is 4.79 Å². The van der Waals surface area contributed by atoms with Gasteiger partial charge in [-0.3, -0.25) is 14.9 Å². The van der Waals surface area contributed by atoms with Gasteiger partial charge in [0.2, 0.25) is 5.91 Å². The summed E-state index contributed by atoms with van der Waals surface area (Å²) < 4.78 is 0. The van der Waals surface area contributed by atoms with Crippen LogP contribution in [0.3, 0.4) is 0 Å². The lowest BCUT2D eigenvalue weighted by molar-refractivity contribution is -0.383. The topological polar surface area (TPSA) is 87.5 Å². The minimum absolute atomic E-state index is 0.0149. The number of para-hydroxylation sites is 1. The van der Waals surface area contributed by atoms with E-state index in [2.05, 4.69) is 10.6 Å². The zero-order chi connectivity index (χ0) is 15.2. The standard InChI is InChI=1S/C14H20N4O3/c1-15-11-6-5-7-12(14(11)18(20)21)16-10-13(19)17-8-3-2-4-9-17/h5-7,15-16H,2-4,8-10H2,1H3. The van der Waals surface area contributed by atoms with E-state index in [1.807, 2.05) is 4.90 Å². The van der Waals surface area contributed by atoms with Crippen LogP contribution in [0, 0.1) is 10.1 Å². The van der Waals surface area contributed by atoms with Crippen LogP contribution in [0.15, 0.2) is 18.2 Å². The Kier molecular flexibility index (Phi) is 4.97. The lowest BCUT2D eigenvalue weighted by Gasteiger charge is -2.26. The molecule has 0 spiro atoms. The third kappa shape index (κ3) is 3.62. The molecule has 7 heteroatoms. The Morgan fingerprint density at radius 1 is 1.29 bits per heavy atom. The first-order valence-electron chi connectivity index (χ1n) is 7.10. The van der Waals surface area contributed by atoms with Crippen LogP contribution < -0.4 is 10.6 Å². The SMILES string of the molecule is CNc1cccc(NCC(=O)N2CCCCC2)c1[N+](=O)[O-]. The third-order valence-electron chi connectivity index (χ3n) is 3.63. The molecule has 0 atom stereocenters. The molecule has 1 aromatic carbocycles. The summed E-state index contributed by atoms with van der Waals surface area (Å²) in [6.07, 6.45) is 3.22. The summed E-state index contributed by atoms with van der Waals surface area (Å²) in [5.41, 5.74) is 0.749. The molecule has 0 aliphatic carbocycles. The molecule has 0 unspecified atom stereocenters. The fourth-order valence-corrected chi connectivity index (χ4v) is 2.51. The number of hydrogen-bond donors (Lipinski definition) is 2. The Morgan fingerprint density at radius 2 is 1.95 bits per heavy atom. The van der Waals surface area contributed by atoms with Gasteiger partial charge in [-0.1, -0.05) is 6.07 Å². The fraction of sp³-hybridized carbons (Fsp3) is 0.500. The zero-order valence-electron chi connectivity index (χ0n) is 12.1. The molecule has 1 aromatic rings. The molecule has 2 N–H and O–H groups in total. The average molecular weight is 292 g/mol. The van der Waals surface area contributed by atoms with E-state index >= 15 is 0 Å². The maximum Gasteiger partial charge on any atom is 0.315 e. The summed E-state index contributed by atoms with van der Waals surface area (Å²) in [6.45, 7) is 1.63. The molecule has 0 saturated carbocycles. The lowest BCUT2D eigenvalue weighted by Crippen LogP contribution is -2.39. The number of anilines is 2. The number of carbonyl (C=O) groups excluding carboxylic acids is 1. The largest absolute Gasteiger partial charge is 0.382 e. The lowest BCUT2D eigenvalue weighted by atomic mass is 10.1. The van der Waals surface area contributed by atoms with Gasteiger partial charge in [0.25, 0.3) is 0 Å². The molecule has 0 aromatic heterocycles. The molecule has 0 bridgehead atoms. The molecule has 1 amide bonds. The number of hydrogen-bond acceptors (Lipinski definition) is 5. The fourth-order valence-electron chi connectivity index (χ4n) is 2.51. The van der Waals surface area contributed by atoms with Crippen molar-refractivity contribution in [2.24, 2.45) is 0 Å². The molecule has 2 rings (SSSR count). The minimum atomic E-state index is -0.445. The van der Waals surface area contributed by atoms with Gasteiger partial charge in [-0.2, -0.15) is 0 Å². The van der Waals surface area contributed by atoms with Crippen molar-refractivity contribution in [3.63, 3.8) is 0 Å². The second kappa shape index (κ2) is 6.92. The molecule has 1 fully saturated rings. The van der Waals surface area contributed by atoms with Crippen molar-refractivity contribution in [3.05, 3.63) is 28.3 Å². The van der Waals surface area contributed by atoms with Gasteiger partial charge in [-0.25, -0.2) is 0 Å². The molecule has 0 radical (unpaired) electrons. The normalized spacial score (nSPS) is 14.6. The van der Waals surface area contributed by atoms with Gasteiger partial charge in [0.1, 0.15) is 11.4 Å². The van der Waals surface area contributed by atoms with Gasteiger partial charge in [0, 0.05) is 20.1 Å². The van der Waals surface area contributed by atoms with Gasteiger partial charge in [0.15, 0.2) is 0 Å². The van der Waals surface area contributed by atoms with E-state index in [9.17, 15) is 14.9 Å².